The van der Waals surface area contributed by atoms with E-state index >= 15 is 0 Å². The first-order valence-electron chi connectivity index (χ1n) is 7.62. The van der Waals surface area contributed by atoms with Gasteiger partial charge in [-0.3, -0.25) is 9.48 Å². The van der Waals surface area contributed by atoms with Crippen LogP contribution in [-0.4, -0.2) is 33.8 Å². The molecule has 1 amide bonds. The summed E-state index contributed by atoms with van der Waals surface area (Å²) in [6, 6.07) is 10.5. The number of anilines is 2. The number of benzene rings is 1. The number of carbonyl (C=O) groups excluding carboxylic acids is 1. The van der Waals surface area contributed by atoms with Crippen molar-refractivity contribution >= 4 is 28.8 Å². The van der Waals surface area contributed by atoms with Crippen LogP contribution in [0.15, 0.2) is 40.9 Å². The third kappa shape index (κ3) is 2.65. The fourth-order valence-electron chi connectivity index (χ4n) is 2.92. The minimum absolute atomic E-state index is 0.116. The van der Waals surface area contributed by atoms with E-state index in [1.807, 2.05) is 41.2 Å². The quantitative estimate of drug-likeness (QED) is 0.804. The van der Waals surface area contributed by atoms with Crippen molar-refractivity contribution in [2.24, 2.45) is 0 Å². The molecular weight excluding hydrogens is 294 g/mol. The van der Waals surface area contributed by atoms with Crippen molar-refractivity contribution < 1.29 is 9.21 Å². The van der Waals surface area contributed by atoms with E-state index in [4.69, 9.17) is 4.42 Å². The highest BCUT2D eigenvalue weighted by Gasteiger charge is 2.27. The molecule has 7 heteroatoms. The van der Waals surface area contributed by atoms with Gasteiger partial charge in [0.2, 0.25) is 5.91 Å². The van der Waals surface area contributed by atoms with Crippen molar-refractivity contribution in [2.45, 2.75) is 19.4 Å². The molecule has 118 valence electrons. The zero-order valence-electron chi connectivity index (χ0n) is 12.8. The van der Waals surface area contributed by atoms with E-state index in [0.29, 0.717) is 11.8 Å². The van der Waals surface area contributed by atoms with Gasteiger partial charge < -0.3 is 14.6 Å². The Morgan fingerprint density at radius 1 is 1.35 bits per heavy atom. The number of rotatable bonds is 3. The van der Waals surface area contributed by atoms with Crippen molar-refractivity contribution in [3.05, 3.63) is 36.5 Å². The van der Waals surface area contributed by atoms with Gasteiger partial charge in [-0.05, 0) is 18.6 Å². The molecule has 7 nitrogen and oxygen atoms in total. The first-order valence-corrected chi connectivity index (χ1v) is 7.62. The van der Waals surface area contributed by atoms with Gasteiger partial charge in [0.15, 0.2) is 11.4 Å². The summed E-state index contributed by atoms with van der Waals surface area (Å²) in [7, 11) is 0. The average Bonchev–Trinajstić information content (AvgIpc) is 3.24. The Bertz CT molecular complexity index is 820. The lowest BCUT2D eigenvalue weighted by molar-refractivity contribution is -0.114. The number of para-hydroxylation sites is 2. The number of carbonyl (C=O) groups is 1. The predicted octanol–water partition coefficient (Wildman–Crippen LogP) is 2.43. The Balaban J connectivity index is 1.50. The van der Waals surface area contributed by atoms with Crippen molar-refractivity contribution in [1.29, 1.82) is 0 Å². The van der Waals surface area contributed by atoms with Crippen LogP contribution >= 0.6 is 0 Å². The van der Waals surface area contributed by atoms with Crippen LogP contribution in [-0.2, 0) is 4.79 Å². The van der Waals surface area contributed by atoms with Gasteiger partial charge in [0.25, 0.3) is 6.01 Å². The molecule has 0 spiro atoms. The summed E-state index contributed by atoms with van der Waals surface area (Å²) in [5.74, 6) is 0.465. The molecule has 1 aliphatic rings. The smallest absolute Gasteiger partial charge is 0.298 e. The zero-order chi connectivity index (χ0) is 15.8. The first-order chi connectivity index (χ1) is 11.2. The molecule has 1 fully saturated rings. The van der Waals surface area contributed by atoms with E-state index in [2.05, 4.69) is 20.3 Å². The van der Waals surface area contributed by atoms with Gasteiger partial charge in [0, 0.05) is 32.3 Å². The maximum atomic E-state index is 11.1. The summed E-state index contributed by atoms with van der Waals surface area (Å²) in [6.07, 6.45) is 2.85. The van der Waals surface area contributed by atoms with Crippen LogP contribution in [0.1, 0.15) is 19.4 Å². The van der Waals surface area contributed by atoms with Crippen LogP contribution in [0, 0.1) is 0 Å². The predicted molar refractivity (Wildman–Crippen MR) is 86.4 cm³/mol. The van der Waals surface area contributed by atoms with Gasteiger partial charge in [-0.1, -0.05) is 12.1 Å². The summed E-state index contributed by atoms with van der Waals surface area (Å²) in [6.45, 7) is 3.13. The van der Waals surface area contributed by atoms with E-state index in [1.165, 1.54) is 6.92 Å². The summed E-state index contributed by atoms with van der Waals surface area (Å²) >= 11 is 0. The molecule has 0 bridgehead atoms. The molecule has 0 aliphatic carbocycles. The number of aromatic nitrogens is 3. The molecule has 1 atom stereocenters. The van der Waals surface area contributed by atoms with Crippen LogP contribution in [0.25, 0.3) is 11.1 Å². The molecule has 1 aromatic carbocycles. The van der Waals surface area contributed by atoms with E-state index < -0.39 is 0 Å². The highest BCUT2D eigenvalue weighted by Crippen LogP contribution is 2.29. The fourth-order valence-corrected chi connectivity index (χ4v) is 2.92. The molecule has 4 rings (SSSR count). The second-order valence-electron chi connectivity index (χ2n) is 5.71. The average molecular weight is 311 g/mol. The van der Waals surface area contributed by atoms with Crippen LogP contribution in [0.3, 0.4) is 0 Å². The van der Waals surface area contributed by atoms with Gasteiger partial charge in [0.1, 0.15) is 5.52 Å². The van der Waals surface area contributed by atoms with Crippen LogP contribution < -0.4 is 10.2 Å². The number of hydrogen-bond acceptors (Lipinski definition) is 5. The van der Waals surface area contributed by atoms with Gasteiger partial charge in [0.05, 0.1) is 6.04 Å². The van der Waals surface area contributed by atoms with Crippen molar-refractivity contribution in [3.8, 4) is 0 Å². The molecule has 0 radical (unpaired) electrons. The molecule has 1 saturated heterocycles. The Labute approximate surface area is 132 Å². The number of nitrogens with zero attached hydrogens (tertiary/aromatic N) is 4. The molecule has 1 N–H and O–H groups in total. The molecule has 3 heterocycles. The Morgan fingerprint density at radius 2 is 2.22 bits per heavy atom. The van der Waals surface area contributed by atoms with Crippen molar-refractivity contribution in [1.82, 2.24) is 14.8 Å². The van der Waals surface area contributed by atoms with Crippen molar-refractivity contribution in [2.75, 3.05) is 23.3 Å². The van der Waals surface area contributed by atoms with E-state index in [9.17, 15) is 4.79 Å². The summed E-state index contributed by atoms with van der Waals surface area (Å²) < 4.78 is 7.72. The third-order valence-electron chi connectivity index (χ3n) is 4.00. The fraction of sp³-hybridized carbons (Fsp3) is 0.312. The molecule has 3 aromatic rings. The molecule has 0 saturated carbocycles. The largest absolute Gasteiger partial charge is 0.423 e. The molecule has 23 heavy (non-hydrogen) atoms. The summed E-state index contributed by atoms with van der Waals surface area (Å²) in [5, 5.41) is 7.10. The number of hydrogen-bond donors (Lipinski definition) is 1. The lowest BCUT2D eigenvalue weighted by Gasteiger charge is -2.13. The lowest BCUT2D eigenvalue weighted by atomic mass is 10.3. The second kappa shape index (κ2) is 5.42. The number of nitrogens with one attached hydrogen (secondary N) is 1. The molecule has 1 aliphatic heterocycles. The Kier molecular flexibility index (Phi) is 3.25. The van der Waals surface area contributed by atoms with Crippen molar-refractivity contribution in [3.63, 3.8) is 0 Å². The van der Waals surface area contributed by atoms with Crippen LogP contribution in [0.5, 0.6) is 0 Å². The minimum Gasteiger partial charge on any atom is -0.423 e. The lowest BCUT2D eigenvalue weighted by Crippen LogP contribution is -2.21. The maximum Gasteiger partial charge on any atom is 0.298 e. The number of oxazole rings is 1. The molecular formula is C16H17N5O2. The molecule has 0 unspecified atom stereocenters. The van der Waals surface area contributed by atoms with E-state index in [-0.39, 0.29) is 11.9 Å². The topological polar surface area (TPSA) is 76.2 Å². The normalized spacial score (nSPS) is 17.8. The first kappa shape index (κ1) is 13.8. The van der Waals surface area contributed by atoms with Gasteiger partial charge >= 0.3 is 0 Å². The monoisotopic (exact) mass is 311 g/mol. The van der Waals surface area contributed by atoms with Gasteiger partial charge in [-0.15, -0.1) is 0 Å². The minimum atomic E-state index is -0.116. The van der Waals surface area contributed by atoms with Gasteiger partial charge in [-0.2, -0.15) is 10.1 Å². The zero-order valence-corrected chi connectivity index (χ0v) is 12.8. The Hall–Kier alpha value is -2.83. The van der Waals surface area contributed by atoms with Gasteiger partial charge in [-0.25, -0.2) is 0 Å². The third-order valence-corrected chi connectivity index (χ3v) is 4.00. The maximum absolute atomic E-state index is 11.1. The van der Waals surface area contributed by atoms with Crippen LogP contribution in [0.2, 0.25) is 0 Å². The highest BCUT2D eigenvalue weighted by atomic mass is 16.4. The highest BCUT2D eigenvalue weighted by molar-refractivity contribution is 5.87. The summed E-state index contributed by atoms with van der Waals surface area (Å²) in [5.41, 5.74) is 1.68. The summed E-state index contributed by atoms with van der Waals surface area (Å²) in [4.78, 5) is 17.7. The van der Waals surface area contributed by atoms with E-state index in [1.54, 1.807) is 0 Å². The number of amides is 1. The second-order valence-corrected chi connectivity index (χ2v) is 5.71. The number of fused-ring (bicyclic) bond motifs is 1. The Morgan fingerprint density at radius 3 is 3.04 bits per heavy atom. The van der Waals surface area contributed by atoms with E-state index in [0.717, 1.165) is 30.6 Å². The van der Waals surface area contributed by atoms with Crippen LogP contribution in [0.4, 0.5) is 11.8 Å². The molecule has 2 aromatic heterocycles. The standard InChI is InChI=1S/C16H17N5O2/c1-11(22)17-15-7-9-21(19-15)12-6-8-20(10-12)16-18-13-4-2-3-5-14(13)23-16/h2-5,7,9,12H,6,8,10H2,1H3,(H,17,19,22)/t12-/m1/s1. The SMILES string of the molecule is CC(=O)Nc1ccn([C@@H]2CCN(c3nc4ccccc4o3)C2)n1.